The molecule has 24 heavy (non-hydrogen) atoms. The van der Waals surface area contributed by atoms with Gasteiger partial charge in [-0.2, -0.15) is 0 Å². The lowest BCUT2D eigenvalue weighted by Gasteiger charge is -2.28. The SMILES string of the molecule is COCCN(Cc1cc(C(C)C)c(C)cc1O)[C@@H]1CCS(=O)(=O)C1. The molecule has 0 aliphatic carbocycles. The Balaban J connectivity index is 2.24. The lowest BCUT2D eigenvalue weighted by molar-refractivity contribution is 0.120. The molecule has 5 nitrogen and oxygen atoms in total. The number of rotatable bonds is 7. The molecule has 2 rings (SSSR count). The fourth-order valence-corrected chi connectivity index (χ4v) is 5.15. The molecule has 1 aromatic carbocycles. The minimum absolute atomic E-state index is 0.00615. The van der Waals surface area contributed by atoms with Gasteiger partial charge in [-0.05, 0) is 36.5 Å². The summed E-state index contributed by atoms with van der Waals surface area (Å²) >= 11 is 0. The van der Waals surface area contributed by atoms with Crippen LogP contribution in [0.5, 0.6) is 5.75 Å². The fourth-order valence-electron chi connectivity index (χ4n) is 3.39. The maximum atomic E-state index is 11.8. The fraction of sp³-hybridized carbons (Fsp3) is 0.667. The molecule has 1 heterocycles. The van der Waals surface area contributed by atoms with E-state index >= 15 is 0 Å². The predicted octanol–water partition coefficient (Wildman–Crippen LogP) is 2.46. The van der Waals surface area contributed by atoms with Crippen molar-refractivity contribution in [2.75, 3.05) is 31.8 Å². The summed E-state index contributed by atoms with van der Waals surface area (Å²) in [6.45, 7) is 8.01. The highest BCUT2D eigenvalue weighted by Gasteiger charge is 2.32. The summed E-state index contributed by atoms with van der Waals surface area (Å²) < 4.78 is 28.8. The highest BCUT2D eigenvalue weighted by molar-refractivity contribution is 7.91. The van der Waals surface area contributed by atoms with Crippen molar-refractivity contribution in [1.82, 2.24) is 4.90 Å². The smallest absolute Gasteiger partial charge is 0.151 e. The standard InChI is InChI=1S/C18H29NO4S/c1-13(2)17-10-15(18(20)9-14(17)3)11-19(6-7-23-4)16-5-8-24(21,22)12-16/h9-10,13,16,20H,5-8,11-12H2,1-4H3/t16-/m1/s1. The molecule has 1 aliphatic heterocycles. The quantitative estimate of drug-likeness (QED) is 0.814. The van der Waals surface area contributed by atoms with Gasteiger partial charge >= 0.3 is 0 Å². The Kier molecular flexibility index (Phi) is 6.28. The van der Waals surface area contributed by atoms with E-state index in [1.165, 1.54) is 5.56 Å². The Hall–Kier alpha value is -1.11. The summed E-state index contributed by atoms with van der Waals surface area (Å²) in [5, 5.41) is 10.3. The number of hydrogen-bond acceptors (Lipinski definition) is 5. The van der Waals surface area contributed by atoms with Crippen molar-refractivity contribution in [2.24, 2.45) is 0 Å². The number of ether oxygens (including phenoxy) is 1. The van der Waals surface area contributed by atoms with Crippen LogP contribution in [0.25, 0.3) is 0 Å². The van der Waals surface area contributed by atoms with Gasteiger partial charge in [-0.1, -0.05) is 19.9 Å². The molecule has 0 amide bonds. The van der Waals surface area contributed by atoms with Gasteiger partial charge in [0.05, 0.1) is 18.1 Å². The molecule has 0 radical (unpaired) electrons. The molecule has 6 heteroatoms. The van der Waals surface area contributed by atoms with E-state index in [9.17, 15) is 13.5 Å². The van der Waals surface area contributed by atoms with Gasteiger partial charge in [0.1, 0.15) is 5.75 Å². The largest absolute Gasteiger partial charge is 0.508 e. The number of sulfone groups is 1. The molecule has 1 N–H and O–H groups in total. The average Bonchev–Trinajstić information content (AvgIpc) is 2.85. The number of benzene rings is 1. The van der Waals surface area contributed by atoms with Crippen molar-refractivity contribution in [1.29, 1.82) is 0 Å². The number of methoxy groups -OCH3 is 1. The molecule has 1 aliphatic rings. The molecule has 0 saturated carbocycles. The van der Waals surface area contributed by atoms with E-state index in [1.54, 1.807) is 7.11 Å². The monoisotopic (exact) mass is 355 g/mol. The van der Waals surface area contributed by atoms with E-state index in [2.05, 4.69) is 24.8 Å². The van der Waals surface area contributed by atoms with Crippen molar-refractivity contribution < 1.29 is 18.3 Å². The Bertz CT molecular complexity index is 670. The summed E-state index contributed by atoms with van der Waals surface area (Å²) in [6.07, 6.45) is 0.649. The van der Waals surface area contributed by atoms with Gasteiger partial charge in [0.15, 0.2) is 9.84 Å². The molecule has 0 spiro atoms. The number of aromatic hydroxyl groups is 1. The lowest BCUT2D eigenvalue weighted by atomic mass is 9.95. The number of hydrogen-bond donors (Lipinski definition) is 1. The van der Waals surface area contributed by atoms with Crippen LogP contribution in [0.2, 0.25) is 0 Å². The number of phenols is 1. The highest BCUT2D eigenvalue weighted by atomic mass is 32.2. The Labute approximate surface area is 145 Å². The van der Waals surface area contributed by atoms with Crippen molar-refractivity contribution >= 4 is 9.84 Å². The first-order chi connectivity index (χ1) is 11.2. The van der Waals surface area contributed by atoms with Gasteiger partial charge in [0, 0.05) is 31.8 Å². The first-order valence-electron chi connectivity index (χ1n) is 8.49. The van der Waals surface area contributed by atoms with Crippen molar-refractivity contribution in [3.8, 4) is 5.75 Å². The third-order valence-electron chi connectivity index (χ3n) is 4.77. The number of nitrogens with zero attached hydrogens (tertiary/aromatic N) is 1. The van der Waals surface area contributed by atoms with Crippen LogP contribution in [0.1, 0.15) is 42.9 Å². The summed E-state index contributed by atoms with van der Waals surface area (Å²) in [7, 11) is -1.30. The van der Waals surface area contributed by atoms with Crippen LogP contribution in [0.4, 0.5) is 0 Å². The zero-order valence-electron chi connectivity index (χ0n) is 15.1. The molecule has 1 saturated heterocycles. The summed E-state index contributed by atoms with van der Waals surface area (Å²) in [6, 6.07) is 3.86. The van der Waals surface area contributed by atoms with E-state index in [0.29, 0.717) is 32.0 Å². The predicted molar refractivity (Wildman–Crippen MR) is 96.3 cm³/mol. The van der Waals surface area contributed by atoms with E-state index in [-0.39, 0.29) is 23.3 Å². The zero-order valence-corrected chi connectivity index (χ0v) is 15.9. The van der Waals surface area contributed by atoms with Crippen molar-refractivity contribution in [3.63, 3.8) is 0 Å². The van der Waals surface area contributed by atoms with Gasteiger partial charge in [-0.15, -0.1) is 0 Å². The zero-order chi connectivity index (χ0) is 17.9. The second-order valence-electron chi connectivity index (χ2n) is 7.01. The average molecular weight is 356 g/mol. The molecule has 0 bridgehead atoms. The first-order valence-corrected chi connectivity index (χ1v) is 10.3. The molecular weight excluding hydrogens is 326 g/mol. The normalized spacial score (nSPS) is 20.2. The third kappa shape index (κ3) is 4.71. The minimum atomic E-state index is -2.94. The molecule has 136 valence electrons. The van der Waals surface area contributed by atoms with Crippen LogP contribution in [-0.2, 0) is 21.1 Å². The van der Waals surface area contributed by atoms with Crippen LogP contribution in [0.15, 0.2) is 12.1 Å². The van der Waals surface area contributed by atoms with Gasteiger partial charge in [0.25, 0.3) is 0 Å². The Morgan fingerprint density at radius 3 is 2.62 bits per heavy atom. The maximum absolute atomic E-state index is 11.8. The number of aryl methyl sites for hydroxylation is 1. The second kappa shape index (κ2) is 7.85. The van der Waals surface area contributed by atoms with Crippen LogP contribution >= 0.6 is 0 Å². The van der Waals surface area contributed by atoms with Gasteiger partial charge < -0.3 is 9.84 Å². The van der Waals surface area contributed by atoms with E-state index in [4.69, 9.17) is 4.74 Å². The Morgan fingerprint density at radius 2 is 2.08 bits per heavy atom. The van der Waals surface area contributed by atoms with Crippen LogP contribution in [-0.4, -0.2) is 56.2 Å². The number of phenolic OH excluding ortho intramolecular Hbond substituents is 1. The van der Waals surface area contributed by atoms with Gasteiger partial charge in [-0.25, -0.2) is 8.42 Å². The lowest BCUT2D eigenvalue weighted by Crippen LogP contribution is -2.38. The second-order valence-corrected chi connectivity index (χ2v) is 9.24. The first kappa shape index (κ1) is 19.2. The van der Waals surface area contributed by atoms with Crippen LogP contribution < -0.4 is 0 Å². The molecule has 1 atom stereocenters. The minimum Gasteiger partial charge on any atom is -0.508 e. The van der Waals surface area contributed by atoms with Crippen molar-refractivity contribution in [3.05, 3.63) is 28.8 Å². The molecule has 0 unspecified atom stereocenters. The van der Waals surface area contributed by atoms with E-state index in [1.807, 2.05) is 13.0 Å². The summed E-state index contributed by atoms with van der Waals surface area (Å²) in [4.78, 5) is 2.13. The summed E-state index contributed by atoms with van der Waals surface area (Å²) in [5.74, 6) is 1.10. The molecule has 0 aromatic heterocycles. The highest BCUT2D eigenvalue weighted by Crippen LogP contribution is 2.29. The molecule has 1 aromatic rings. The van der Waals surface area contributed by atoms with Crippen molar-refractivity contribution in [2.45, 2.75) is 45.7 Å². The van der Waals surface area contributed by atoms with Gasteiger partial charge in [-0.3, -0.25) is 4.90 Å². The van der Waals surface area contributed by atoms with Crippen LogP contribution in [0.3, 0.4) is 0 Å². The Morgan fingerprint density at radius 1 is 1.38 bits per heavy atom. The summed E-state index contributed by atoms with van der Waals surface area (Å²) in [5.41, 5.74) is 3.15. The third-order valence-corrected chi connectivity index (χ3v) is 6.52. The maximum Gasteiger partial charge on any atom is 0.151 e. The van der Waals surface area contributed by atoms with Crippen LogP contribution in [0, 0.1) is 6.92 Å². The van der Waals surface area contributed by atoms with E-state index < -0.39 is 9.84 Å². The molecule has 1 fully saturated rings. The molecular formula is C18H29NO4S. The topological polar surface area (TPSA) is 66.8 Å². The van der Waals surface area contributed by atoms with E-state index in [0.717, 1.165) is 11.1 Å². The van der Waals surface area contributed by atoms with Gasteiger partial charge in [0.2, 0.25) is 0 Å².